The Morgan fingerprint density at radius 2 is 1.40 bits per heavy atom. The standard InChI is InChI=1S/C41H49NO10/c1-22-13-11-9-10-12-14-32(46)42-35-38(49)29-20-27(6)40(51-7)34(33(29)39(50)41(35)52-8)37(48)26(5)19-25(4)36(47)24(3)16-18-28(43)17-15-23(2)31(45)21-30(22)44/h9-16,18-20,22,24-25,28,30,36,43-44,47H,17,21H2,1-8H3,(H,42,46)/b10-9+,13-11-,14-12-,18-16-,23-15-,26-19+/t22-,24-,25-,28-,30-,36-/m0/s1. The van der Waals surface area contributed by atoms with Gasteiger partial charge >= 0.3 is 0 Å². The normalized spacial score (nSPS) is 30.5. The number of fused-ring (bicyclic) bond motifs is 18. The fraction of sp³-hybridized carbons (Fsp3) is 0.390. The van der Waals surface area contributed by atoms with Crippen LogP contribution in [0, 0.1) is 24.7 Å². The van der Waals surface area contributed by atoms with Gasteiger partial charge in [-0.1, -0.05) is 75.5 Å². The van der Waals surface area contributed by atoms with Crippen molar-refractivity contribution in [1.82, 2.24) is 5.32 Å². The van der Waals surface area contributed by atoms with Crippen LogP contribution in [-0.4, -0.2) is 76.9 Å². The van der Waals surface area contributed by atoms with Gasteiger partial charge in [0.15, 0.2) is 17.3 Å². The summed E-state index contributed by atoms with van der Waals surface area (Å²) in [6.45, 7) is 10.0. The second-order valence-electron chi connectivity index (χ2n) is 13.2. The van der Waals surface area contributed by atoms with Crippen molar-refractivity contribution in [2.45, 2.75) is 72.7 Å². The molecule has 1 amide bonds. The SMILES string of the molecule is COC1=C2NC(=O)\C=C/C=C/C=C\[C@H](C)[C@@H](O)CC(=O)/C(C)=C\C[C@H](O)/C=C\[C@H](C)[C@H](O)[C@@H](C)/C=C(\C)C(=O)c3c(OC)c(C)cc(c3C1=O)C2=O. The lowest BCUT2D eigenvalue weighted by Crippen LogP contribution is -2.35. The Bertz CT molecular complexity index is 1800. The van der Waals surface area contributed by atoms with E-state index < -0.39 is 59.2 Å². The molecule has 1 aliphatic carbocycles. The summed E-state index contributed by atoms with van der Waals surface area (Å²) in [7, 11) is 2.52. The van der Waals surface area contributed by atoms with E-state index in [-0.39, 0.29) is 58.3 Å². The van der Waals surface area contributed by atoms with Crippen LogP contribution in [0.5, 0.6) is 5.75 Å². The van der Waals surface area contributed by atoms with E-state index >= 15 is 0 Å². The number of aliphatic hydroxyl groups excluding tert-OH is 3. The summed E-state index contributed by atoms with van der Waals surface area (Å²) in [5.74, 6) is -4.87. The van der Waals surface area contributed by atoms with Gasteiger partial charge in [-0.25, -0.2) is 0 Å². The summed E-state index contributed by atoms with van der Waals surface area (Å²) in [6, 6.07) is 1.43. The summed E-state index contributed by atoms with van der Waals surface area (Å²) < 4.78 is 10.9. The first-order valence-electron chi connectivity index (χ1n) is 17.1. The number of carbonyl (C=O) groups is 5. The van der Waals surface area contributed by atoms with Crippen molar-refractivity contribution in [1.29, 1.82) is 0 Å². The molecule has 1 aromatic carbocycles. The molecule has 278 valence electrons. The molecule has 4 bridgehead atoms. The second-order valence-corrected chi connectivity index (χ2v) is 13.2. The molecule has 0 saturated heterocycles. The van der Waals surface area contributed by atoms with Crippen molar-refractivity contribution in [2.75, 3.05) is 14.2 Å². The summed E-state index contributed by atoms with van der Waals surface area (Å²) in [6.07, 6.45) is 12.6. The maximum atomic E-state index is 14.1. The number of amides is 1. The Labute approximate surface area is 304 Å². The van der Waals surface area contributed by atoms with Gasteiger partial charge in [0, 0.05) is 35.8 Å². The summed E-state index contributed by atoms with van der Waals surface area (Å²) in [4.78, 5) is 67.5. The fourth-order valence-corrected chi connectivity index (χ4v) is 5.96. The van der Waals surface area contributed by atoms with Crippen molar-refractivity contribution in [3.05, 3.63) is 112 Å². The molecule has 3 aliphatic rings. The fourth-order valence-electron chi connectivity index (χ4n) is 5.96. The predicted octanol–water partition coefficient (Wildman–Crippen LogP) is 5.01. The van der Waals surface area contributed by atoms with Crippen molar-refractivity contribution < 1.29 is 48.8 Å². The Morgan fingerprint density at radius 3 is 2.06 bits per heavy atom. The molecule has 0 unspecified atom stereocenters. The van der Waals surface area contributed by atoms with E-state index in [2.05, 4.69) is 5.32 Å². The number of hydrogen-bond donors (Lipinski definition) is 4. The molecule has 0 fully saturated rings. The van der Waals surface area contributed by atoms with E-state index in [1.807, 2.05) is 0 Å². The van der Waals surface area contributed by atoms with Gasteiger partial charge in [-0.3, -0.25) is 24.0 Å². The highest BCUT2D eigenvalue weighted by Gasteiger charge is 2.39. The minimum atomic E-state index is -0.978. The maximum Gasteiger partial charge on any atom is 0.248 e. The Balaban J connectivity index is 2.11. The molecule has 0 saturated carbocycles. The predicted molar refractivity (Wildman–Crippen MR) is 197 cm³/mol. The maximum absolute atomic E-state index is 14.1. The first kappa shape index (κ1) is 41.5. The topological polar surface area (TPSA) is 177 Å². The third-order valence-corrected chi connectivity index (χ3v) is 9.17. The zero-order valence-electron chi connectivity index (χ0n) is 30.9. The highest BCUT2D eigenvalue weighted by Crippen LogP contribution is 2.37. The van der Waals surface area contributed by atoms with Crippen LogP contribution >= 0.6 is 0 Å². The van der Waals surface area contributed by atoms with Crippen LogP contribution in [0.4, 0.5) is 0 Å². The molecule has 0 spiro atoms. The number of hydrogen-bond acceptors (Lipinski definition) is 10. The van der Waals surface area contributed by atoms with E-state index in [0.717, 1.165) is 6.08 Å². The van der Waals surface area contributed by atoms with Crippen molar-refractivity contribution >= 4 is 29.0 Å². The second kappa shape index (κ2) is 18.5. The number of carbonyl (C=O) groups excluding carboxylic acids is 5. The number of allylic oxidation sites excluding steroid dienone is 8. The van der Waals surface area contributed by atoms with Crippen LogP contribution in [0.1, 0.15) is 84.1 Å². The zero-order chi connectivity index (χ0) is 38.9. The number of methoxy groups -OCH3 is 2. The van der Waals surface area contributed by atoms with Crippen LogP contribution in [0.2, 0.25) is 0 Å². The van der Waals surface area contributed by atoms with Crippen LogP contribution in [0.15, 0.2) is 89.4 Å². The first-order chi connectivity index (χ1) is 24.5. The summed E-state index contributed by atoms with van der Waals surface area (Å²) in [5, 5.41) is 34.7. The van der Waals surface area contributed by atoms with Gasteiger partial charge in [-0.15, -0.1) is 0 Å². The third kappa shape index (κ3) is 9.87. The average molecular weight is 716 g/mol. The third-order valence-electron chi connectivity index (χ3n) is 9.17. The van der Waals surface area contributed by atoms with E-state index in [1.165, 1.54) is 39.4 Å². The molecular weight excluding hydrogens is 666 g/mol. The molecule has 4 rings (SSSR count). The molecular formula is C41H49NO10. The number of benzene rings is 1. The number of ketones is 4. The molecule has 0 aromatic heterocycles. The molecule has 2 heterocycles. The quantitative estimate of drug-likeness (QED) is 0.305. The first-order valence-corrected chi connectivity index (χ1v) is 17.1. The summed E-state index contributed by atoms with van der Waals surface area (Å²) >= 11 is 0. The molecule has 11 heteroatoms. The molecule has 1 aromatic rings. The van der Waals surface area contributed by atoms with Gasteiger partial charge < -0.3 is 30.1 Å². The van der Waals surface area contributed by atoms with Crippen LogP contribution in [-0.2, 0) is 14.3 Å². The smallest absolute Gasteiger partial charge is 0.248 e. The van der Waals surface area contributed by atoms with E-state index in [4.69, 9.17) is 9.47 Å². The molecule has 4 N–H and O–H groups in total. The lowest BCUT2D eigenvalue weighted by atomic mass is 9.82. The monoisotopic (exact) mass is 715 g/mol. The van der Waals surface area contributed by atoms with E-state index in [0.29, 0.717) is 11.1 Å². The number of rotatable bonds is 2. The van der Waals surface area contributed by atoms with Crippen molar-refractivity contribution in [3.8, 4) is 5.75 Å². The van der Waals surface area contributed by atoms with Gasteiger partial charge in [0.1, 0.15) is 11.4 Å². The Kier molecular flexibility index (Phi) is 14.7. The number of Topliss-reactive ketones (excluding diaryl/α,β-unsaturated/α-hetero) is 4. The highest BCUT2D eigenvalue weighted by molar-refractivity contribution is 6.31. The lowest BCUT2D eigenvalue weighted by molar-refractivity contribution is -0.118. The molecule has 6 atom stereocenters. The van der Waals surface area contributed by atoms with Crippen LogP contribution in [0.3, 0.4) is 0 Å². The number of ether oxygens (including phenoxy) is 2. The van der Waals surface area contributed by atoms with Crippen LogP contribution < -0.4 is 10.1 Å². The van der Waals surface area contributed by atoms with Gasteiger partial charge in [0.2, 0.25) is 17.5 Å². The van der Waals surface area contributed by atoms with E-state index in [9.17, 15) is 39.3 Å². The van der Waals surface area contributed by atoms with Crippen LogP contribution in [0.25, 0.3) is 0 Å². The van der Waals surface area contributed by atoms with Gasteiger partial charge in [0.25, 0.3) is 0 Å². The Hall–Kier alpha value is -4.97. The lowest BCUT2D eigenvalue weighted by Gasteiger charge is -2.25. The van der Waals surface area contributed by atoms with Crippen molar-refractivity contribution in [3.63, 3.8) is 0 Å². The van der Waals surface area contributed by atoms with E-state index in [1.54, 1.807) is 77.2 Å². The average Bonchev–Trinajstić information content (AvgIpc) is 3.11. The summed E-state index contributed by atoms with van der Waals surface area (Å²) in [5.41, 5.74) is 0.126. The van der Waals surface area contributed by atoms with Gasteiger partial charge in [-0.2, -0.15) is 0 Å². The number of nitrogens with one attached hydrogen (secondary N) is 1. The largest absolute Gasteiger partial charge is 0.496 e. The minimum Gasteiger partial charge on any atom is -0.496 e. The Morgan fingerprint density at radius 1 is 0.731 bits per heavy atom. The zero-order valence-corrected chi connectivity index (χ0v) is 30.9. The number of aryl methyl sites for hydroxylation is 1. The molecule has 0 radical (unpaired) electrons. The number of aliphatic hydroxyl groups is 3. The molecule has 11 nitrogen and oxygen atoms in total. The highest BCUT2D eigenvalue weighted by atomic mass is 16.5. The van der Waals surface area contributed by atoms with Gasteiger partial charge in [0.05, 0.1) is 43.7 Å². The van der Waals surface area contributed by atoms with Crippen molar-refractivity contribution in [2.24, 2.45) is 17.8 Å². The van der Waals surface area contributed by atoms with Gasteiger partial charge in [-0.05, 0) is 50.0 Å². The molecule has 52 heavy (non-hydrogen) atoms. The minimum absolute atomic E-state index is 0.0908. The molecule has 2 aliphatic heterocycles.